The lowest BCUT2D eigenvalue weighted by Gasteiger charge is -2.13. The number of aromatic nitrogens is 1. The molecule has 0 aliphatic rings. The molecule has 1 heterocycles. The van der Waals surface area contributed by atoms with Crippen LogP contribution in [0.25, 0.3) is 0 Å². The van der Waals surface area contributed by atoms with Gasteiger partial charge in [-0.1, -0.05) is 0 Å². The van der Waals surface area contributed by atoms with Gasteiger partial charge in [-0.2, -0.15) is 18.4 Å². The second-order valence-electron chi connectivity index (χ2n) is 2.83. The summed E-state index contributed by atoms with van der Waals surface area (Å²) in [5, 5.41) is 8.52. The van der Waals surface area contributed by atoms with Gasteiger partial charge in [0.25, 0.3) is 0 Å². The van der Waals surface area contributed by atoms with Crippen LogP contribution in [-0.4, -0.2) is 11.3 Å². The number of hydrogen-bond donors (Lipinski definition) is 0. The van der Waals surface area contributed by atoms with Crippen LogP contribution in [0, 0.1) is 11.3 Å². The van der Waals surface area contributed by atoms with Crippen LogP contribution in [0.5, 0.6) is 5.88 Å². The predicted octanol–water partition coefficient (Wildman–Crippen LogP) is 3.63. The van der Waals surface area contributed by atoms with Crippen LogP contribution in [0.15, 0.2) is 10.5 Å². The van der Waals surface area contributed by atoms with Gasteiger partial charge >= 0.3 is 12.5 Å². The van der Waals surface area contributed by atoms with E-state index in [1.807, 2.05) is 0 Å². The van der Waals surface area contributed by atoms with E-state index in [4.69, 9.17) is 5.26 Å². The van der Waals surface area contributed by atoms with Gasteiger partial charge in [-0.25, -0.2) is 4.98 Å². The largest absolute Gasteiger partial charge is 0.574 e. The summed E-state index contributed by atoms with van der Waals surface area (Å²) in [6, 6.07) is 1.61. The van der Waals surface area contributed by atoms with Crippen molar-refractivity contribution in [1.29, 1.82) is 5.26 Å². The third kappa shape index (κ3) is 3.49. The van der Waals surface area contributed by atoms with Crippen molar-refractivity contribution in [2.75, 3.05) is 0 Å². The molecule has 0 aliphatic carbocycles. The minimum Gasteiger partial charge on any atom is -0.387 e. The maximum absolute atomic E-state index is 12.3. The van der Waals surface area contributed by atoms with Crippen molar-refractivity contribution in [2.24, 2.45) is 0 Å². The van der Waals surface area contributed by atoms with Crippen LogP contribution in [0.1, 0.15) is 11.3 Å². The van der Waals surface area contributed by atoms with Crippen molar-refractivity contribution in [1.82, 2.24) is 4.98 Å². The van der Waals surface area contributed by atoms with Crippen LogP contribution in [0.3, 0.4) is 0 Å². The quantitative estimate of drug-likeness (QED) is 0.737. The molecule has 0 saturated heterocycles. The van der Waals surface area contributed by atoms with Gasteiger partial charge in [0.1, 0.15) is 11.8 Å². The molecule has 0 radical (unpaired) electrons. The Morgan fingerprint density at radius 3 is 2.17 bits per heavy atom. The van der Waals surface area contributed by atoms with E-state index < -0.39 is 34.1 Å². The molecule has 18 heavy (non-hydrogen) atoms. The maximum Gasteiger partial charge on any atom is 0.574 e. The Bertz CT molecular complexity index is 504. The third-order valence-corrected chi connectivity index (χ3v) is 2.32. The van der Waals surface area contributed by atoms with Crippen molar-refractivity contribution in [2.45, 2.75) is 12.5 Å². The third-order valence-electron chi connectivity index (χ3n) is 1.55. The molecule has 0 atom stereocenters. The number of nitriles is 1. The van der Waals surface area contributed by atoms with Gasteiger partial charge in [-0.05, 0) is 22.0 Å². The fourth-order valence-electron chi connectivity index (χ4n) is 0.910. The summed E-state index contributed by atoms with van der Waals surface area (Å²) in [6.45, 7) is 0. The monoisotopic (exact) mass is 334 g/mol. The number of ether oxygens (including phenoxy) is 1. The van der Waals surface area contributed by atoms with Crippen LogP contribution in [-0.2, 0) is 6.18 Å². The van der Waals surface area contributed by atoms with Crippen LogP contribution in [0.4, 0.5) is 26.3 Å². The lowest BCUT2D eigenvalue weighted by molar-refractivity contribution is -0.276. The average molecular weight is 335 g/mol. The summed E-state index contributed by atoms with van der Waals surface area (Å²) in [7, 11) is 0. The van der Waals surface area contributed by atoms with Crippen LogP contribution < -0.4 is 4.74 Å². The molecule has 98 valence electrons. The van der Waals surface area contributed by atoms with E-state index in [-0.39, 0.29) is 0 Å². The van der Waals surface area contributed by atoms with E-state index in [9.17, 15) is 26.3 Å². The molecule has 0 aromatic carbocycles. The van der Waals surface area contributed by atoms with E-state index >= 15 is 0 Å². The number of hydrogen-bond acceptors (Lipinski definition) is 3. The fourth-order valence-corrected chi connectivity index (χ4v) is 1.28. The van der Waals surface area contributed by atoms with Gasteiger partial charge < -0.3 is 4.74 Å². The zero-order valence-corrected chi connectivity index (χ0v) is 9.61. The summed E-state index contributed by atoms with van der Waals surface area (Å²) < 4.78 is 75.5. The molecular weight excluding hydrogens is 334 g/mol. The number of pyridine rings is 1. The Morgan fingerprint density at radius 2 is 1.78 bits per heavy atom. The van der Waals surface area contributed by atoms with Gasteiger partial charge in [0.15, 0.2) is 0 Å². The zero-order chi connectivity index (χ0) is 14.1. The predicted molar refractivity (Wildman–Crippen MR) is 48.3 cm³/mol. The fraction of sp³-hybridized carbons (Fsp3) is 0.250. The summed E-state index contributed by atoms with van der Waals surface area (Å²) in [5.41, 5.74) is -2.32. The van der Waals surface area contributed by atoms with Gasteiger partial charge in [-0.3, -0.25) is 0 Å². The first-order valence-electron chi connectivity index (χ1n) is 3.98. The molecule has 3 nitrogen and oxygen atoms in total. The van der Waals surface area contributed by atoms with E-state index in [1.165, 1.54) is 6.07 Å². The smallest absolute Gasteiger partial charge is 0.387 e. The maximum atomic E-state index is 12.3. The van der Waals surface area contributed by atoms with Crippen molar-refractivity contribution in [3.8, 4) is 11.9 Å². The first kappa shape index (κ1) is 14.6. The van der Waals surface area contributed by atoms with E-state index in [0.717, 1.165) is 0 Å². The van der Waals surface area contributed by atoms with E-state index in [2.05, 4.69) is 25.7 Å². The van der Waals surface area contributed by atoms with Crippen molar-refractivity contribution < 1.29 is 31.1 Å². The molecule has 1 rings (SSSR count). The Kier molecular flexibility index (Phi) is 3.75. The summed E-state index contributed by atoms with van der Waals surface area (Å²) in [6.07, 6.45) is -10.2. The van der Waals surface area contributed by atoms with Crippen molar-refractivity contribution >= 4 is 15.9 Å². The SMILES string of the molecule is N#Cc1cc(C(F)(F)F)nc(OC(F)(F)F)c1Br. The highest BCUT2D eigenvalue weighted by Gasteiger charge is 2.38. The molecule has 0 amide bonds. The molecule has 10 heteroatoms. The minimum atomic E-state index is -5.22. The lowest BCUT2D eigenvalue weighted by atomic mass is 10.2. The van der Waals surface area contributed by atoms with Gasteiger partial charge in [0.2, 0.25) is 5.88 Å². The number of rotatable bonds is 1. The first-order chi connectivity index (χ1) is 8.04. The molecule has 1 aromatic heterocycles. The highest BCUT2D eigenvalue weighted by Crippen LogP contribution is 2.36. The van der Waals surface area contributed by atoms with E-state index in [1.54, 1.807) is 0 Å². The first-order valence-corrected chi connectivity index (χ1v) is 4.77. The van der Waals surface area contributed by atoms with Crippen molar-refractivity contribution in [3.05, 3.63) is 21.8 Å². The van der Waals surface area contributed by atoms with Gasteiger partial charge in [0.05, 0.1) is 10.0 Å². The number of nitrogens with zero attached hydrogens (tertiary/aromatic N) is 2. The Hall–Kier alpha value is -1.50. The lowest BCUT2D eigenvalue weighted by Crippen LogP contribution is -2.20. The van der Waals surface area contributed by atoms with Crippen molar-refractivity contribution in [3.63, 3.8) is 0 Å². The Morgan fingerprint density at radius 1 is 1.22 bits per heavy atom. The van der Waals surface area contributed by atoms with E-state index in [0.29, 0.717) is 6.07 Å². The summed E-state index contributed by atoms with van der Waals surface area (Å²) in [4.78, 5) is 2.67. The highest BCUT2D eigenvalue weighted by atomic mass is 79.9. The highest BCUT2D eigenvalue weighted by molar-refractivity contribution is 9.10. The Balaban J connectivity index is 3.38. The van der Waals surface area contributed by atoms with Crippen LogP contribution >= 0.6 is 15.9 Å². The molecule has 1 aromatic rings. The van der Waals surface area contributed by atoms with Crippen LogP contribution in [0.2, 0.25) is 0 Å². The molecule has 0 saturated carbocycles. The molecule has 0 unspecified atom stereocenters. The molecule has 0 bridgehead atoms. The number of alkyl halides is 6. The average Bonchev–Trinajstić information content (AvgIpc) is 2.17. The molecule has 0 aliphatic heterocycles. The molecular formula is C8HBrF6N2O. The zero-order valence-electron chi connectivity index (χ0n) is 8.03. The van der Waals surface area contributed by atoms with Gasteiger partial charge in [0, 0.05) is 0 Å². The second kappa shape index (κ2) is 4.64. The topological polar surface area (TPSA) is 45.9 Å². The number of halogens is 7. The molecule has 0 N–H and O–H groups in total. The summed E-state index contributed by atoms with van der Waals surface area (Å²) >= 11 is 2.52. The standard InChI is InChI=1S/C8HBrF6N2O/c9-5-3(2-16)1-4(7(10,11)12)17-6(5)18-8(13,14)15/h1H. The normalized spacial score (nSPS) is 12.1. The Labute approximate surface area is 104 Å². The molecule has 0 fully saturated rings. The second-order valence-corrected chi connectivity index (χ2v) is 3.62. The minimum absolute atomic E-state index is 0.313. The van der Waals surface area contributed by atoms with Gasteiger partial charge in [-0.15, -0.1) is 13.2 Å². The summed E-state index contributed by atoms with van der Waals surface area (Å²) in [5.74, 6) is -1.37. The molecule has 0 spiro atoms.